The van der Waals surface area contributed by atoms with Crippen LogP contribution < -0.4 is 5.73 Å². The summed E-state index contributed by atoms with van der Waals surface area (Å²) in [6.07, 6.45) is 0. The minimum Gasteiger partial charge on any atom is -0.369 e. The number of fused-ring (bicyclic) bond motifs is 1. The van der Waals surface area contributed by atoms with Gasteiger partial charge in [0.1, 0.15) is 0 Å². The summed E-state index contributed by atoms with van der Waals surface area (Å²) in [5.41, 5.74) is 6.50. The van der Waals surface area contributed by atoms with Crippen molar-refractivity contribution in [3.05, 3.63) is 48.0 Å². The van der Waals surface area contributed by atoms with E-state index in [1.807, 2.05) is 25.1 Å². The molecular weight excluding hydrogens is 230 g/mol. The molecule has 0 radical (unpaired) electrons. The van der Waals surface area contributed by atoms with E-state index in [9.17, 15) is 4.79 Å². The van der Waals surface area contributed by atoms with Gasteiger partial charge in [0.15, 0.2) is 0 Å². The average Bonchev–Trinajstić information content (AvgIpc) is 2.35. The maximum atomic E-state index is 11.0. The third-order valence-corrected chi connectivity index (χ3v) is 3.98. The molecule has 1 amide bonds. The van der Waals surface area contributed by atoms with Crippen molar-refractivity contribution in [2.75, 3.05) is 0 Å². The lowest BCUT2D eigenvalue weighted by atomic mass is 10.1. The van der Waals surface area contributed by atoms with E-state index in [0.29, 0.717) is 0 Å². The van der Waals surface area contributed by atoms with Gasteiger partial charge in [-0.25, -0.2) is 0 Å². The molecular formula is C14H15NOS. The number of amides is 1. The summed E-state index contributed by atoms with van der Waals surface area (Å²) in [5, 5.41) is 2.34. The molecule has 2 N–H and O–H groups in total. The Labute approximate surface area is 105 Å². The van der Waals surface area contributed by atoms with Crippen molar-refractivity contribution in [1.29, 1.82) is 0 Å². The molecule has 0 aliphatic rings. The molecule has 2 aromatic rings. The van der Waals surface area contributed by atoms with Crippen molar-refractivity contribution in [1.82, 2.24) is 0 Å². The summed E-state index contributed by atoms with van der Waals surface area (Å²) in [5.74, 6) is 0.557. The van der Waals surface area contributed by atoms with Crippen molar-refractivity contribution in [2.24, 2.45) is 5.73 Å². The van der Waals surface area contributed by atoms with Crippen molar-refractivity contribution >= 4 is 28.4 Å². The van der Waals surface area contributed by atoms with Crippen LogP contribution in [-0.4, -0.2) is 11.2 Å². The first-order chi connectivity index (χ1) is 8.18. The number of nitrogens with two attached hydrogens (primary N) is 1. The summed E-state index contributed by atoms with van der Waals surface area (Å²) < 4.78 is 0. The van der Waals surface area contributed by atoms with Crippen molar-refractivity contribution in [3.8, 4) is 0 Å². The van der Waals surface area contributed by atoms with E-state index >= 15 is 0 Å². The van der Waals surface area contributed by atoms with E-state index in [2.05, 4.69) is 24.3 Å². The molecule has 0 aliphatic carbocycles. The number of carbonyl (C=O) groups is 1. The van der Waals surface area contributed by atoms with Gasteiger partial charge in [-0.15, -0.1) is 11.8 Å². The Morgan fingerprint density at radius 3 is 2.71 bits per heavy atom. The zero-order chi connectivity index (χ0) is 12.3. The minimum absolute atomic E-state index is 0.144. The fraction of sp³-hybridized carbons (Fsp3) is 0.214. The lowest BCUT2D eigenvalue weighted by Crippen LogP contribution is -2.22. The first kappa shape index (κ1) is 12.0. The number of thioether (sulfide) groups is 1. The molecule has 2 aromatic carbocycles. The molecule has 0 heterocycles. The van der Waals surface area contributed by atoms with Crippen LogP contribution in [0.1, 0.15) is 12.5 Å². The largest absolute Gasteiger partial charge is 0.369 e. The smallest absolute Gasteiger partial charge is 0.230 e. The predicted octanol–water partition coefficient (Wildman–Crippen LogP) is 2.95. The minimum atomic E-state index is -0.254. The van der Waals surface area contributed by atoms with Crippen molar-refractivity contribution in [3.63, 3.8) is 0 Å². The van der Waals surface area contributed by atoms with E-state index in [1.54, 1.807) is 11.8 Å². The SMILES string of the molecule is CC(SCc1cccc2ccccc12)C(N)=O. The van der Waals surface area contributed by atoms with Gasteiger partial charge in [-0.3, -0.25) is 4.79 Å². The highest BCUT2D eigenvalue weighted by Gasteiger charge is 2.09. The molecule has 0 aromatic heterocycles. The predicted molar refractivity (Wildman–Crippen MR) is 73.9 cm³/mol. The summed E-state index contributed by atoms with van der Waals surface area (Å²) in [7, 11) is 0. The Balaban J connectivity index is 2.21. The van der Waals surface area contributed by atoms with E-state index in [4.69, 9.17) is 5.73 Å². The Morgan fingerprint density at radius 2 is 1.94 bits per heavy atom. The van der Waals surface area contributed by atoms with Crippen LogP contribution in [0.4, 0.5) is 0 Å². The second kappa shape index (κ2) is 5.23. The second-order valence-corrected chi connectivity index (χ2v) is 5.32. The van der Waals surface area contributed by atoms with Crippen LogP contribution in [0.3, 0.4) is 0 Å². The lowest BCUT2D eigenvalue weighted by molar-refractivity contribution is -0.117. The highest BCUT2D eigenvalue weighted by atomic mass is 32.2. The summed E-state index contributed by atoms with van der Waals surface area (Å²) in [4.78, 5) is 11.0. The van der Waals surface area contributed by atoms with E-state index < -0.39 is 0 Å². The van der Waals surface area contributed by atoms with Gasteiger partial charge in [0.2, 0.25) is 5.91 Å². The number of hydrogen-bond acceptors (Lipinski definition) is 2. The number of hydrogen-bond donors (Lipinski definition) is 1. The van der Waals surface area contributed by atoms with Gasteiger partial charge < -0.3 is 5.73 Å². The number of benzene rings is 2. The maximum absolute atomic E-state index is 11.0. The molecule has 0 aliphatic heterocycles. The number of primary amides is 1. The zero-order valence-corrected chi connectivity index (χ0v) is 10.5. The molecule has 0 fully saturated rings. The normalized spacial score (nSPS) is 12.5. The Kier molecular flexibility index (Phi) is 3.69. The van der Waals surface area contributed by atoms with Crippen LogP contribution in [-0.2, 0) is 10.5 Å². The molecule has 1 atom stereocenters. The first-order valence-corrected chi connectivity index (χ1v) is 6.61. The zero-order valence-electron chi connectivity index (χ0n) is 9.72. The average molecular weight is 245 g/mol. The Hall–Kier alpha value is -1.48. The van der Waals surface area contributed by atoms with Gasteiger partial charge >= 0.3 is 0 Å². The molecule has 0 bridgehead atoms. The highest BCUT2D eigenvalue weighted by Crippen LogP contribution is 2.24. The Bertz CT molecular complexity index is 533. The van der Waals surface area contributed by atoms with Gasteiger partial charge in [-0.05, 0) is 23.3 Å². The standard InChI is InChI=1S/C14H15NOS/c1-10(14(15)16)17-9-12-7-4-6-11-5-2-3-8-13(11)12/h2-8,10H,9H2,1H3,(H2,15,16). The van der Waals surface area contributed by atoms with Crippen LogP contribution in [0, 0.1) is 0 Å². The van der Waals surface area contributed by atoms with E-state index in [1.165, 1.54) is 16.3 Å². The Morgan fingerprint density at radius 1 is 1.24 bits per heavy atom. The molecule has 88 valence electrons. The molecule has 17 heavy (non-hydrogen) atoms. The van der Waals surface area contributed by atoms with Gasteiger partial charge in [-0.1, -0.05) is 42.5 Å². The number of carbonyl (C=O) groups excluding carboxylic acids is 1. The van der Waals surface area contributed by atoms with Crippen LogP contribution in [0.5, 0.6) is 0 Å². The molecule has 2 nitrogen and oxygen atoms in total. The van der Waals surface area contributed by atoms with E-state index in [0.717, 1.165) is 5.75 Å². The third kappa shape index (κ3) is 2.80. The first-order valence-electron chi connectivity index (χ1n) is 5.56. The molecule has 0 saturated heterocycles. The van der Waals surface area contributed by atoms with Gasteiger partial charge in [0.25, 0.3) is 0 Å². The second-order valence-electron chi connectivity index (χ2n) is 3.99. The van der Waals surface area contributed by atoms with Crippen LogP contribution >= 0.6 is 11.8 Å². The van der Waals surface area contributed by atoms with Crippen molar-refractivity contribution < 1.29 is 4.79 Å². The molecule has 0 spiro atoms. The van der Waals surface area contributed by atoms with Crippen LogP contribution in [0.25, 0.3) is 10.8 Å². The quantitative estimate of drug-likeness (QED) is 0.900. The third-order valence-electron chi connectivity index (χ3n) is 2.77. The monoisotopic (exact) mass is 245 g/mol. The van der Waals surface area contributed by atoms with Crippen LogP contribution in [0.15, 0.2) is 42.5 Å². The summed E-state index contributed by atoms with van der Waals surface area (Å²) in [6.45, 7) is 1.85. The molecule has 1 unspecified atom stereocenters. The van der Waals surface area contributed by atoms with Crippen molar-refractivity contribution in [2.45, 2.75) is 17.9 Å². The number of rotatable bonds is 4. The fourth-order valence-electron chi connectivity index (χ4n) is 1.72. The van der Waals surface area contributed by atoms with Gasteiger partial charge in [-0.2, -0.15) is 0 Å². The lowest BCUT2D eigenvalue weighted by Gasteiger charge is -2.09. The van der Waals surface area contributed by atoms with Crippen LogP contribution in [0.2, 0.25) is 0 Å². The topological polar surface area (TPSA) is 43.1 Å². The summed E-state index contributed by atoms with van der Waals surface area (Å²) >= 11 is 1.58. The molecule has 3 heteroatoms. The molecule has 0 saturated carbocycles. The fourth-order valence-corrected chi connectivity index (χ4v) is 2.56. The van der Waals surface area contributed by atoms with Gasteiger partial charge in [0, 0.05) is 5.75 Å². The highest BCUT2D eigenvalue weighted by molar-refractivity contribution is 7.99. The molecule has 2 rings (SSSR count). The van der Waals surface area contributed by atoms with Gasteiger partial charge in [0.05, 0.1) is 5.25 Å². The summed E-state index contributed by atoms with van der Waals surface area (Å²) in [6, 6.07) is 14.5. The maximum Gasteiger partial charge on any atom is 0.230 e. The van der Waals surface area contributed by atoms with E-state index in [-0.39, 0.29) is 11.2 Å².